The zero-order valence-corrected chi connectivity index (χ0v) is 8.31. The lowest BCUT2D eigenvalue weighted by molar-refractivity contribution is -0.131. The molecule has 0 atom stereocenters. The van der Waals surface area contributed by atoms with Crippen molar-refractivity contribution in [3.05, 3.63) is 54.1 Å². The van der Waals surface area contributed by atoms with Crippen LogP contribution in [-0.2, 0) is 4.79 Å². The van der Waals surface area contributed by atoms with Gasteiger partial charge in [0.15, 0.2) is 0 Å². The lowest BCUT2D eigenvalue weighted by Gasteiger charge is -2.04. The second kappa shape index (κ2) is 4.96. The van der Waals surface area contributed by atoms with Gasteiger partial charge in [0.25, 0.3) is 0 Å². The van der Waals surface area contributed by atoms with E-state index in [1.165, 1.54) is 0 Å². The molecule has 0 bridgehead atoms. The highest BCUT2D eigenvalue weighted by Gasteiger charge is 2.00. The first-order valence-corrected chi connectivity index (χ1v) is 4.48. The van der Waals surface area contributed by atoms with E-state index >= 15 is 0 Å². The first-order valence-electron chi connectivity index (χ1n) is 4.48. The summed E-state index contributed by atoms with van der Waals surface area (Å²) in [5.41, 5.74) is 2.66. The zero-order valence-electron chi connectivity index (χ0n) is 8.31. The van der Waals surface area contributed by atoms with Crippen molar-refractivity contribution in [1.29, 1.82) is 0 Å². The van der Waals surface area contributed by atoms with Gasteiger partial charge in [0, 0.05) is 6.08 Å². The summed E-state index contributed by atoms with van der Waals surface area (Å²) in [7, 11) is 0. The minimum Gasteiger partial charge on any atom is -0.478 e. The summed E-state index contributed by atoms with van der Waals surface area (Å²) in [5, 5.41) is 8.53. The summed E-state index contributed by atoms with van der Waals surface area (Å²) in [5.74, 6) is -0.964. The summed E-state index contributed by atoms with van der Waals surface area (Å²) in [4.78, 5) is 10.4. The van der Waals surface area contributed by atoms with Gasteiger partial charge in [-0.3, -0.25) is 0 Å². The molecule has 0 radical (unpaired) electrons. The highest BCUT2D eigenvalue weighted by Crippen LogP contribution is 2.18. The second-order valence-corrected chi connectivity index (χ2v) is 2.93. The molecule has 0 spiro atoms. The molecule has 0 unspecified atom stereocenters. The average molecular weight is 200 g/mol. The fraction of sp³-hybridized carbons (Fsp3) is 0. The first kappa shape index (κ1) is 11.0. The van der Waals surface area contributed by atoms with E-state index in [9.17, 15) is 4.79 Å². The molecule has 0 saturated heterocycles. The van der Waals surface area contributed by atoms with Gasteiger partial charge < -0.3 is 5.11 Å². The Labute approximate surface area is 88.9 Å². The lowest BCUT2D eigenvalue weighted by atomic mass is 10.0. The number of rotatable bonds is 4. The van der Waals surface area contributed by atoms with Gasteiger partial charge in [-0.05, 0) is 22.8 Å². The zero-order chi connectivity index (χ0) is 11.3. The maximum absolute atomic E-state index is 10.4. The van der Waals surface area contributed by atoms with E-state index in [4.69, 9.17) is 5.11 Å². The molecular formula is C13H12O2. The highest BCUT2D eigenvalue weighted by molar-refractivity contribution is 5.87. The molecule has 0 aliphatic carbocycles. The van der Waals surface area contributed by atoms with Crippen molar-refractivity contribution in [3.63, 3.8) is 0 Å². The standard InChI is InChI=1S/C13H12O2/c1-3-10-6-5-7-11(12(10)4-2)8-9-13(14)15/h3-9H,1-2H2,(H,14,15)/b9-8+. The summed E-state index contributed by atoms with van der Waals surface area (Å²) < 4.78 is 0. The van der Waals surface area contributed by atoms with Crippen LogP contribution in [-0.4, -0.2) is 11.1 Å². The highest BCUT2D eigenvalue weighted by atomic mass is 16.4. The molecule has 76 valence electrons. The normalized spacial score (nSPS) is 10.1. The van der Waals surface area contributed by atoms with Crippen molar-refractivity contribution in [3.8, 4) is 0 Å². The third-order valence-electron chi connectivity index (χ3n) is 2.00. The third-order valence-corrected chi connectivity index (χ3v) is 2.00. The Kier molecular flexibility index (Phi) is 3.63. The third kappa shape index (κ3) is 2.68. The molecule has 0 saturated carbocycles. The number of carboxylic acid groups (broad SMARTS) is 1. The average Bonchev–Trinajstić information content (AvgIpc) is 2.25. The van der Waals surface area contributed by atoms with Crippen molar-refractivity contribution < 1.29 is 9.90 Å². The SMILES string of the molecule is C=Cc1cccc(/C=C/C(=O)O)c1C=C. The van der Waals surface area contributed by atoms with Gasteiger partial charge in [-0.15, -0.1) is 0 Å². The van der Waals surface area contributed by atoms with Crippen LogP contribution in [0.1, 0.15) is 16.7 Å². The van der Waals surface area contributed by atoms with Crippen LogP contribution < -0.4 is 0 Å². The van der Waals surface area contributed by atoms with E-state index in [-0.39, 0.29) is 0 Å². The van der Waals surface area contributed by atoms with Crippen molar-refractivity contribution in [1.82, 2.24) is 0 Å². The molecule has 0 aromatic heterocycles. The monoisotopic (exact) mass is 200 g/mol. The van der Waals surface area contributed by atoms with Gasteiger partial charge in [0.1, 0.15) is 0 Å². The molecule has 0 amide bonds. The number of carboxylic acids is 1. The molecule has 0 fully saturated rings. The van der Waals surface area contributed by atoms with E-state index in [1.807, 2.05) is 18.2 Å². The van der Waals surface area contributed by atoms with Gasteiger partial charge in [0.2, 0.25) is 0 Å². The maximum Gasteiger partial charge on any atom is 0.328 e. The van der Waals surface area contributed by atoms with E-state index < -0.39 is 5.97 Å². The number of aliphatic carboxylic acids is 1. The number of benzene rings is 1. The van der Waals surface area contributed by atoms with E-state index in [0.29, 0.717) is 0 Å². The smallest absolute Gasteiger partial charge is 0.328 e. The molecule has 0 aliphatic rings. The Morgan fingerprint density at radius 3 is 2.40 bits per heavy atom. The second-order valence-electron chi connectivity index (χ2n) is 2.93. The predicted octanol–water partition coefficient (Wildman–Crippen LogP) is 3.07. The molecule has 1 aromatic rings. The molecular weight excluding hydrogens is 188 g/mol. The first-order chi connectivity index (χ1) is 7.19. The lowest BCUT2D eigenvalue weighted by Crippen LogP contribution is -1.89. The number of hydrogen-bond acceptors (Lipinski definition) is 1. The van der Waals surface area contributed by atoms with E-state index in [2.05, 4.69) is 13.2 Å². The fourth-order valence-electron chi connectivity index (χ4n) is 1.32. The number of hydrogen-bond donors (Lipinski definition) is 1. The molecule has 2 nitrogen and oxygen atoms in total. The van der Waals surface area contributed by atoms with Crippen LogP contribution in [0, 0.1) is 0 Å². The molecule has 15 heavy (non-hydrogen) atoms. The summed E-state index contributed by atoms with van der Waals surface area (Å²) in [6.07, 6.45) is 6.06. The Bertz CT molecular complexity index is 428. The van der Waals surface area contributed by atoms with E-state index in [0.717, 1.165) is 22.8 Å². The van der Waals surface area contributed by atoms with Crippen molar-refractivity contribution in [2.24, 2.45) is 0 Å². The van der Waals surface area contributed by atoms with Crippen LogP contribution in [0.25, 0.3) is 18.2 Å². The quantitative estimate of drug-likeness (QED) is 0.758. The Hall–Kier alpha value is -2.09. The van der Waals surface area contributed by atoms with Crippen LogP contribution in [0.2, 0.25) is 0 Å². The topological polar surface area (TPSA) is 37.3 Å². The van der Waals surface area contributed by atoms with Crippen molar-refractivity contribution >= 4 is 24.2 Å². The molecule has 1 rings (SSSR count). The van der Waals surface area contributed by atoms with Crippen molar-refractivity contribution in [2.75, 3.05) is 0 Å². The summed E-state index contributed by atoms with van der Waals surface area (Å²) in [6.45, 7) is 7.39. The van der Waals surface area contributed by atoms with Crippen LogP contribution in [0.3, 0.4) is 0 Å². The van der Waals surface area contributed by atoms with Crippen LogP contribution >= 0.6 is 0 Å². The summed E-state index contributed by atoms with van der Waals surface area (Å²) >= 11 is 0. The molecule has 1 aromatic carbocycles. The fourth-order valence-corrected chi connectivity index (χ4v) is 1.32. The molecule has 0 aliphatic heterocycles. The largest absolute Gasteiger partial charge is 0.478 e. The number of carbonyl (C=O) groups is 1. The Balaban J connectivity index is 3.23. The summed E-state index contributed by atoms with van der Waals surface area (Å²) in [6, 6.07) is 5.59. The van der Waals surface area contributed by atoms with Gasteiger partial charge in [-0.25, -0.2) is 4.79 Å². The van der Waals surface area contributed by atoms with E-state index in [1.54, 1.807) is 18.2 Å². The maximum atomic E-state index is 10.4. The van der Waals surface area contributed by atoms with Gasteiger partial charge in [-0.1, -0.05) is 43.5 Å². The Morgan fingerprint density at radius 1 is 1.20 bits per heavy atom. The van der Waals surface area contributed by atoms with Crippen molar-refractivity contribution in [2.45, 2.75) is 0 Å². The minimum atomic E-state index is -0.964. The van der Waals surface area contributed by atoms with Gasteiger partial charge in [0.05, 0.1) is 0 Å². The molecule has 2 heteroatoms. The van der Waals surface area contributed by atoms with Crippen LogP contribution in [0.4, 0.5) is 0 Å². The molecule has 1 N–H and O–H groups in total. The van der Waals surface area contributed by atoms with Gasteiger partial charge in [-0.2, -0.15) is 0 Å². The van der Waals surface area contributed by atoms with Gasteiger partial charge >= 0.3 is 5.97 Å². The minimum absolute atomic E-state index is 0.824. The molecule has 0 heterocycles. The van der Waals surface area contributed by atoms with Crippen LogP contribution in [0.5, 0.6) is 0 Å². The Morgan fingerprint density at radius 2 is 1.87 bits per heavy atom. The van der Waals surface area contributed by atoms with Crippen LogP contribution in [0.15, 0.2) is 37.4 Å². The predicted molar refractivity (Wildman–Crippen MR) is 63.3 cm³/mol.